The maximum absolute atomic E-state index is 12.4. The molecule has 0 aliphatic heterocycles. The second-order valence-electron chi connectivity index (χ2n) is 6.71. The predicted octanol–water partition coefficient (Wildman–Crippen LogP) is 4.90. The molecule has 0 atom stereocenters. The van der Waals surface area contributed by atoms with Crippen LogP contribution in [0.2, 0.25) is 0 Å². The molecule has 0 saturated heterocycles. The number of amides is 3. The monoisotopic (exact) mass is 408 g/mol. The van der Waals surface area contributed by atoms with E-state index in [9.17, 15) is 9.59 Å². The molecule has 0 saturated carbocycles. The number of nitrogens with one attached hydrogen (secondary N) is 3. The highest BCUT2D eigenvalue weighted by molar-refractivity contribution is 7.13. The largest absolute Gasteiger partial charge is 0.347 e. The molecule has 3 aromatic rings. The summed E-state index contributed by atoms with van der Waals surface area (Å²) in [5.41, 5.74) is 4.11. The number of benzene rings is 2. The molecule has 2 aromatic carbocycles. The molecule has 7 heteroatoms. The fourth-order valence-electron chi connectivity index (χ4n) is 2.85. The molecule has 3 amide bonds. The van der Waals surface area contributed by atoms with Gasteiger partial charge in [0.1, 0.15) is 4.88 Å². The Kier molecular flexibility index (Phi) is 6.61. The Bertz CT molecular complexity index is 1030. The summed E-state index contributed by atoms with van der Waals surface area (Å²) in [7, 11) is 0. The molecule has 0 spiro atoms. The van der Waals surface area contributed by atoms with Crippen molar-refractivity contribution < 1.29 is 9.59 Å². The van der Waals surface area contributed by atoms with Gasteiger partial charge in [0.05, 0.1) is 10.7 Å². The molecule has 3 N–H and O–H groups in total. The summed E-state index contributed by atoms with van der Waals surface area (Å²) in [6, 6.07) is 14.7. The number of hydrogen-bond donors (Lipinski definition) is 3. The molecule has 1 aromatic heterocycles. The summed E-state index contributed by atoms with van der Waals surface area (Å²) in [4.78, 5) is 29.7. The number of hydrogen-bond acceptors (Lipinski definition) is 4. The number of carbonyl (C=O) groups excluding carboxylic acids is 2. The van der Waals surface area contributed by atoms with Gasteiger partial charge < -0.3 is 16.0 Å². The van der Waals surface area contributed by atoms with Crippen LogP contribution >= 0.6 is 11.3 Å². The van der Waals surface area contributed by atoms with Crippen LogP contribution < -0.4 is 16.0 Å². The standard InChI is InChI=1S/C22H24N4O2S/c1-4-19-24-15(3)20(29-19)21(27)23-13-16-8-6-10-18(12-16)26-22(28)25-17-9-5-7-14(2)11-17/h5-12H,4,13H2,1-3H3,(H,23,27)(H2,25,26,28). The highest BCUT2D eigenvalue weighted by Crippen LogP contribution is 2.19. The number of thiazole rings is 1. The normalized spacial score (nSPS) is 10.4. The SMILES string of the molecule is CCc1nc(C)c(C(=O)NCc2cccc(NC(=O)Nc3cccc(C)c3)c2)s1. The zero-order valence-electron chi connectivity index (χ0n) is 16.7. The average molecular weight is 409 g/mol. The number of rotatable bonds is 6. The van der Waals surface area contributed by atoms with Crippen LogP contribution in [0.1, 0.15) is 38.4 Å². The van der Waals surface area contributed by atoms with Gasteiger partial charge in [0.25, 0.3) is 5.91 Å². The van der Waals surface area contributed by atoms with E-state index in [0.717, 1.165) is 33.9 Å². The molecule has 0 bridgehead atoms. The molecule has 3 rings (SSSR count). The lowest BCUT2D eigenvalue weighted by atomic mass is 10.2. The minimum Gasteiger partial charge on any atom is -0.347 e. The van der Waals surface area contributed by atoms with E-state index in [1.807, 2.05) is 69.3 Å². The maximum Gasteiger partial charge on any atom is 0.323 e. The summed E-state index contributed by atoms with van der Waals surface area (Å²) >= 11 is 1.43. The van der Waals surface area contributed by atoms with Gasteiger partial charge in [0.2, 0.25) is 0 Å². The summed E-state index contributed by atoms with van der Waals surface area (Å²) in [5.74, 6) is -0.129. The van der Waals surface area contributed by atoms with Gasteiger partial charge in [-0.15, -0.1) is 11.3 Å². The Morgan fingerprint density at radius 1 is 1.00 bits per heavy atom. The second-order valence-corrected chi connectivity index (χ2v) is 7.79. The van der Waals surface area contributed by atoms with Crippen molar-refractivity contribution >= 4 is 34.6 Å². The smallest absolute Gasteiger partial charge is 0.323 e. The van der Waals surface area contributed by atoms with Crippen molar-refractivity contribution in [1.82, 2.24) is 10.3 Å². The van der Waals surface area contributed by atoms with Crippen LogP contribution in [-0.4, -0.2) is 16.9 Å². The van der Waals surface area contributed by atoms with Crippen LogP contribution in [0.25, 0.3) is 0 Å². The summed E-state index contributed by atoms with van der Waals surface area (Å²) in [6.07, 6.45) is 0.817. The van der Waals surface area contributed by atoms with Gasteiger partial charge in [-0.3, -0.25) is 4.79 Å². The predicted molar refractivity (Wildman–Crippen MR) is 118 cm³/mol. The average Bonchev–Trinajstić information content (AvgIpc) is 3.07. The van der Waals surface area contributed by atoms with Gasteiger partial charge >= 0.3 is 6.03 Å². The lowest BCUT2D eigenvalue weighted by molar-refractivity contribution is 0.0954. The fraction of sp³-hybridized carbons (Fsp3) is 0.227. The molecule has 0 aliphatic rings. The van der Waals surface area contributed by atoms with Gasteiger partial charge in [0.15, 0.2) is 0 Å². The molecule has 29 heavy (non-hydrogen) atoms. The number of nitrogens with zero attached hydrogens (tertiary/aromatic N) is 1. The molecular weight excluding hydrogens is 384 g/mol. The number of urea groups is 1. The first-order valence-electron chi connectivity index (χ1n) is 9.42. The van der Waals surface area contributed by atoms with E-state index >= 15 is 0 Å². The quantitative estimate of drug-likeness (QED) is 0.543. The van der Waals surface area contributed by atoms with Gasteiger partial charge in [-0.05, 0) is 55.7 Å². The van der Waals surface area contributed by atoms with Crippen LogP contribution in [-0.2, 0) is 13.0 Å². The lowest BCUT2D eigenvalue weighted by Gasteiger charge is -2.10. The van der Waals surface area contributed by atoms with E-state index in [0.29, 0.717) is 17.1 Å². The molecule has 0 aliphatic carbocycles. The molecule has 1 heterocycles. The molecule has 150 valence electrons. The minimum absolute atomic E-state index is 0.129. The fourth-order valence-corrected chi connectivity index (χ4v) is 3.77. The molecule has 6 nitrogen and oxygen atoms in total. The van der Waals surface area contributed by atoms with Crippen LogP contribution in [0.15, 0.2) is 48.5 Å². The van der Waals surface area contributed by atoms with Crippen molar-refractivity contribution in [1.29, 1.82) is 0 Å². The summed E-state index contributed by atoms with van der Waals surface area (Å²) in [5, 5.41) is 9.51. The Hall–Kier alpha value is -3.19. The second kappa shape index (κ2) is 9.34. The number of anilines is 2. The Morgan fingerprint density at radius 2 is 1.69 bits per heavy atom. The summed E-state index contributed by atoms with van der Waals surface area (Å²) < 4.78 is 0. The van der Waals surface area contributed by atoms with Crippen molar-refractivity contribution in [3.8, 4) is 0 Å². The number of carbonyl (C=O) groups is 2. The van der Waals surface area contributed by atoms with Crippen LogP contribution in [0.4, 0.5) is 16.2 Å². The Labute approximate surface area is 174 Å². The lowest BCUT2D eigenvalue weighted by Crippen LogP contribution is -2.23. The van der Waals surface area contributed by atoms with Gasteiger partial charge in [-0.25, -0.2) is 9.78 Å². The van der Waals surface area contributed by atoms with Crippen molar-refractivity contribution in [3.63, 3.8) is 0 Å². The third-order valence-corrected chi connectivity index (χ3v) is 5.56. The van der Waals surface area contributed by atoms with E-state index in [1.54, 1.807) is 0 Å². The third-order valence-electron chi connectivity index (χ3n) is 4.26. The van der Waals surface area contributed by atoms with Crippen molar-refractivity contribution in [2.24, 2.45) is 0 Å². The van der Waals surface area contributed by atoms with Crippen LogP contribution in [0.5, 0.6) is 0 Å². The van der Waals surface area contributed by atoms with Crippen molar-refractivity contribution in [2.75, 3.05) is 10.6 Å². The minimum atomic E-state index is -0.316. The first-order valence-corrected chi connectivity index (χ1v) is 10.2. The molecule has 0 radical (unpaired) electrons. The van der Waals surface area contributed by atoms with E-state index in [4.69, 9.17) is 0 Å². The zero-order valence-corrected chi connectivity index (χ0v) is 17.5. The highest BCUT2D eigenvalue weighted by atomic mass is 32.1. The first kappa shape index (κ1) is 20.5. The first-order chi connectivity index (χ1) is 13.9. The molecular formula is C22H24N4O2S. The Morgan fingerprint density at radius 3 is 2.34 bits per heavy atom. The number of aryl methyl sites for hydroxylation is 3. The zero-order chi connectivity index (χ0) is 20.8. The van der Waals surface area contributed by atoms with E-state index in [-0.39, 0.29) is 11.9 Å². The third kappa shape index (κ3) is 5.65. The Balaban J connectivity index is 1.58. The van der Waals surface area contributed by atoms with Crippen LogP contribution in [0, 0.1) is 13.8 Å². The molecule has 0 fully saturated rings. The van der Waals surface area contributed by atoms with Gasteiger partial charge in [-0.1, -0.05) is 31.2 Å². The van der Waals surface area contributed by atoms with Crippen molar-refractivity contribution in [3.05, 3.63) is 75.2 Å². The topological polar surface area (TPSA) is 83.1 Å². The van der Waals surface area contributed by atoms with E-state index in [2.05, 4.69) is 20.9 Å². The number of aromatic nitrogens is 1. The van der Waals surface area contributed by atoms with Crippen LogP contribution in [0.3, 0.4) is 0 Å². The van der Waals surface area contributed by atoms with E-state index in [1.165, 1.54) is 11.3 Å². The maximum atomic E-state index is 12.4. The van der Waals surface area contributed by atoms with Gasteiger partial charge in [-0.2, -0.15) is 0 Å². The highest BCUT2D eigenvalue weighted by Gasteiger charge is 2.14. The van der Waals surface area contributed by atoms with E-state index < -0.39 is 0 Å². The molecule has 0 unspecified atom stereocenters. The van der Waals surface area contributed by atoms with Gasteiger partial charge in [0, 0.05) is 17.9 Å². The summed E-state index contributed by atoms with van der Waals surface area (Å²) in [6.45, 7) is 6.21. The van der Waals surface area contributed by atoms with Crippen molar-refractivity contribution in [2.45, 2.75) is 33.7 Å².